The first-order valence-electron chi connectivity index (χ1n) is 5.21. The van der Waals surface area contributed by atoms with Crippen molar-refractivity contribution in [3.63, 3.8) is 0 Å². The topological polar surface area (TPSA) is 35.5 Å². The van der Waals surface area contributed by atoms with E-state index in [-0.39, 0.29) is 12.6 Å². The second-order valence-corrected chi connectivity index (χ2v) is 3.27. The minimum atomic E-state index is -0.374. The van der Waals surface area contributed by atoms with E-state index in [1.165, 1.54) is 6.08 Å². The summed E-state index contributed by atoms with van der Waals surface area (Å²) in [6, 6.07) is 5.47. The molecule has 1 aromatic carbocycles. The van der Waals surface area contributed by atoms with Gasteiger partial charge in [-0.3, -0.25) is 0 Å². The van der Waals surface area contributed by atoms with E-state index in [0.717, 1.165) is 5.56 Å². The Labute approximate surface area is 95.7 Å². The van der Waals surface area contributed by atoms with E-state index in [1.54, 1.807) is 6.07 Å². The average Bonchev–Trinajstić information content (AvgIpc) is 2.26. The maximum atomic E-state index is 11.8. The van der Waals surface area contributed by atoms with Crippen molar-refractivity contribution in [3.05, 3.63) is 42.0 Å². The number of rotatable bonds is 5. The molecule has 86 valence electrons. The van der Waals surface area contributed by atoms with Crippen molar-refractivity contribution in [1.82, 2.24) is 0 Å². The van der Waals surface area contributed by atoms with Crippen molar-refractivity contribution in [3.8, 4) is 5.75 Å². The highest BCUT2D eigenvalue weighted by atomic mass is 16.5. The summed E-state index contributed by atoms with van der Waals surface area (Å²) in [4.78, 5) is 11.8. The lowest BCUT2D eigenvalue weighted by Gasteiger charge is -2.11. The maximum absolute atomic E-state index is 11.8. The Morgan fingerprint density at radius 1 is 1.50 bits per heavy atom. The van der Waals surface area contributed by atoms with Crippen LogP contribution < -0.4 is 4.74 Å². The first kappa shape index (κ1) is 12.3. The molecule has 0 heterocycles. The fraction of sp³-hybridized carbons (Fsp3) is 0.308. The Hall–Kier alpha value is -1.77. The zero-order chi connectivity index (χ0) is 12.0. The second-order valence-electron chi connectivity index (χ2n) is 3.27. The van der Waals surface area contributed by atoms with Crippen LogP contribution in [-0.4, -0.2) is 19.2 Å². The number of hydrogen-bond donors (Lipinski definition) is 0. The van der Waals surface area contributed by atoms with Gasteiger partial charge in [0.05, 0.1) is 6.61 Å². The quantitative estimate of drug-likeness (QED) is 0.565. The molecule has 0 aliphatic carbocycles. The van der Waals surface area contributed by atoms with E-state index < -0.39 is 0 Å². The Balaban J connectivity index is 2.99. The predicted molar refractivity (Wildman–Crippen MR) is 62.8 cm³/mol. The largest absolute Gasteiger partial charge is 0.493 e. The van der Waals surface area contributed by atoms with E-state index in [2.05, 4.69) is 6.58 Å². The summed E-state index contributed by atoms with van der Waals surface area (Å²) >= 11 is 0. The Morgan fingerprint density at radius 2 is 2.25 bits per heavy atom. The van der Waals surface area contributed by atoms with E-state index in [1.807, 2.05) is 26.0 Å². The van der Waals surface area contributed by atoms with Gasteiger partial charge in [-0.2, -0.15) is 0 Å². The Bertz CT molecular complexity index is 383. The SMILES string of the molecule is C=CCOC(=O)c1c(C)cccc1OCC. The molecule has 16 heavy (non-hydrogen) atoms. The molecule has 0 N–H and O–H groups in total. The molecule has 0 aliphatic rings. The van der Waals surface area contributed by atoms with Gasteiger partial charge in [-0.25, -0.2) is 4.79 Å². The molecular weight excluding hydrogens is 204 g/mol. The van der Waals surface area contributed by atoms with Crippen LogP contribution >= 0.6 is 0 Å². The molecule has 0 radical (unpaired) electrons. The number of aryl methyl sites for hydroxylation is 1. The third kappa shape index (κ3) is 2.86. The number of esters is 1. The molecule has 1 aromatic rings. The number of carbonyl (C=O) groups is 1. The third-order valence-electron chi connectivity index (χ3n) is 2.07. The molecular formula is C13H16O3. The van der Waals surface area contributed by atoms with Crippen molar-refractivity contribution in [2.75, 3.05) is 13.2 Å². The highest BCUT2D eigenvalue weighted by Crippen LogP contribution is 2.22. The molecule has 0 unspecified atom stereocenters. The zero-order valence-corrected chi connectivity index (χ0v) is 9.66. The first-order valence-corrected chi connectivity index (χ1v) is 5.21. The first-order chi connectivity index (χ1) is 7.70. The standard InChI is InChI=1S/C13H16O3/c1-4-9-16-13(14)12-10(3)7-6-8-11(12)15-5-2/h4,6-8H,1,5,9H2,2-3H3. The van der Waals surface area contributed by atoms with Gasteiger partial charge in [-0.05, 0) is 25.5 Å². The molecule has 3 nitrogen and oxygen atoms in total. The van der Waals surface area contributed by atoms with Crippen LogP contribution in [0.25, 0.3) is 0 Å². The van der Waals surface area contributed by atoms with Gasteiger partial charge < -0.3 is 9.47 Å². The molecule has 0 fully saturated rings. The maximum Gasteiger partial charge on any atom is 0.342 e. The van der Waals surface area contributed by atoms with Crippen molar-refractivity contribution in [2.24, 2.45) is 0 Å². The predicted octanol–water partition coefficient (Wildman–Crippen LogP) is 2.74. The molecule has 0 aromatic heterocycles. The van der Waals surface area contributed by atoms with Crippen LogP contribution in [0.2, 0.25) is 0 Å². The van der Waals surface area contributed by atoms with Crippen LogP contribution in [0.4, 0.5) is 0 Å². The highest BCUT2D eigenvalue weighted by Gasteiger charge is 2.16. The van der Waals surface area contributed by atoms with Crippen molar-refractivity contribution in [2.45, 2.75) is 13.8 Å². The van der Waals surface area contributed by atoms with Crippen molar-refractivity contribution < 1.29 is 14.3 Å². The molecule has 0 saturated heterocycles. The fourth-order valence-corrected chi connectivity index (χ4v) is 1.38. The summed E-state index contributed by atoms with van der Waals surface area (Å²) in [6.07, 6.45) is 1.54. The van der Waals surface area contributed by atoms with Gasteiger partial charge in [0.1, 0.15) is 17.9 Å². The molecule has 0 spiro atoms. The summed E-state index contributed by atoms with van der Waals surface area (Å²) in [7, 11) is 0. The number of ether oxygens (including phenoxy) is 2. The zero-order valence-electron chi connectivity index (χ0n) is 9.66. The molecule has 0 saturated carbocycles. The van der Waals surface area contributed by atoms with Gasteiger partial charge >= 0.3 is 5.97 Å². The molecule has 0 atom stereocenters. The lowest BCUT2D eigenvalue weighted by atomic mass is 10.1. The molecule has 0 bridgehead atoms. The van der Waals surface area contributed by atoms with Gasteiger partial charge in [-0.1, -0.05) is 24.8 Å². The van der Waals surface area contributed by atoms with E-state index in [0.29, 0.717) is 17.9 Å². The van der Waals surface area contributed by atoms with Crippen LogP contribution in [0.15, 0.2) is 30.9 Å². The van der Waals surface area contributed by atoms with Crippen LogP contribution in [0.5, 0.6) is 5.75 Å². The summed E-state index contributed by atoms with van der Waals surface area (Å²) in [6.45, 7) is 7.96. The normalized spacial score (nSPS) is 9.62. The lowest BCUT2D eigenvalue weighted by Crippen LogP contribution is -2.10. The molecule has 1 rings (SSSR count). The summed E-state index contributed by atoms with van der Waals surface area (Å²) in [5, 5.41) is 0. The number of carbonyl (C=O) groups excluding carboxylic acids is 1. The van der Waals surface area contributed by atoms with Crippen LogP contribution in [-0.2, 0) is 4.74 Å². The van der Waals surface area contributed by atoms with Crippen LogP contribution in [0, 0.1) is 6.92 Å². The smallest absolute Gasteiger partial charge is 0.342 e. The third-order valence-corrected chi connectivity index (χ3v) is 2.07. The van der Waals surface area contributed by atoms with Gasteiger partial charge in [0.15, 0.2) is 0 Å². The second kappa shape index (κ2) is 5.95. The number of hydrogen-bond acceptors (Lipinski definition) is 3. The van der Waals surface area contributed by atoms with Crippen molar-refractivity contribution >= 4 is 5.97 Å². The minimum absolute atomic E-state index is 0.207. The average molecular weight is 220 g/mol. The van der Waals surface area contributed by atoms with E-state index in [4.69, 9.17) is 9.47 Å². The van der Waals surface area contributed by atoms with Gasteiger partial charge in [0, 0.05) is 0 Å². The molecule has 0 aliphatic heterocycles. The van der Waals surface area contributed by atoms with E-state index >= 15 is 0 Å². The van der Waals surface area contributed by atoms with Crippen LogP contribution in [0.1, 0.15) is 22.8 Å². The van der Waals surface area contributed by atoms with Gasteiger partial charge in [0.25, 0.3) is 0 Å². The molecule has 3 heteroatoms. The Morgan fingerprint density at radius 3 is 2.88 bits per heavy atom. The van der Waals surface area contributed by atoms with Gasteiger partial charge in [0.2, 0.25) is 0 Å². The van der Waals surface area contributed by atoms with E-state index in [9.17, 15) is 4.79 Å². The Kier molecular flexibility index (Phi) is 4.58. The van der Waals surface area contributed by atoms with Crippen molar-refractivity contribution in [1.29, 1.82) is 0 Å². The fourth-order valence-electron chi connectivity index (χ4n) is 1.38. The summed E-state index contributed by atoms with van der Waals surface area (Å²) < 4.78 is 10.4. The van der Waals surface area contributed by atoms with Crippen LogP contribution in [0.3, 0.4) is 0 Å². The monoisotopic (exact) mass is 220 g/mol. The summed E-state index contributed by atoms with van der Waals surface area (Å²) in [5.41, 5.74) is 1.34. The lowest BCUT2D eigenvalue weighted by molar-refractivity contribution is 0.0544. The summed E-state index contributed by atoms with van der Waals surface area (Å²) in [5.74, 6) is 0.193. The highest BCUT2D eigenvalue weighted by molar-refractivity contribution is 5.94. The van der Waals surface area contributed by atoms with Gasteiger partial charge in [-0.15, -0.1) is 0 Å². The molecule has 0 amide bonds. The minimum Gasteiger partial charge on any atom is -0.493 e. The number of benzene rings is 1.